The molecule has 0 aromatic heterocycles. The molecule has 0 saturated carbocycles. The average Bonchev–Trinajstić information content (AvgIpc) is 2.82. The molecule has 5 rings (SSSR count). The lowest BCUT2D eigenvalue weighted by molar-refractivity contribution is 0.0372. The molecule has 3 heterocycles. The number of nitrogens with zero attached hydrogens (tertiary/aromatic N) is 3. The summed E-state index contributed by atoms with van der Waals surface area (Å²) in [4.78, 5) is 32.3. The molecular weight excluding hydrogens is 393 g/mol. The molecule has 1 atom stereocenters. The first-order valence-electron chi connectivity index (χ1n) is 11.3. The van der Waals surface area contributed by atoms with E-state index in [-0.39, 0.29) is 17.6 Å². The molecule has 3 aliphatic rings. The van der Waals surface area contributed by atoms with Gasteiger partial charge in [-0.15, -0.1) is 0 Å². The number of amides is 2. The van der Waals surface area contributed by atoms with Gasteiger partial charge in [-0.05, 0) is 73.3 Å². The molecule has 6 heteroatoms. The topological polar surface area (TPSA) is 43.9 Å². The van der Waals surface area contributed by atoms with E-state index in [1.54, 1.807) is 4.90 Å². The van der Waals surface area contributed by atoms with Crippen LogP contribution in [0.15, 0.2) is 42.5 Å². The van der Waals surface area contributed by atoms with E-state index in [1.165, 1.54) is 50.1 Å². The molecule has 2 saturated heterocycles. The maximum atomic E-state index is 13.2. The molecule has 3 aliphatic heterocycles. The second-order valence-electron chi connectivity index (χ2n) is 8.90. The Kier molecular flexibility index (Phi) is 5.48. The first-order valence-corrected chi connectivity index (χ1v) is 11.3. The fourth-order valence-corrected chi connectivity index (χ4v) is 5.16. The van der Waals surface area contributed by atoms with Crippen molar-refractivity contribution in [2.24, 2.45) is 0 Å². The Balaban J connectivity index is 1.27. The van der Waals surface area contributed by atoms with Crippen LogP contribution in [0.1, 0.15) is 51.1 Å². The summed E-state index contributed by atoms with van der Waals surface area (Å²) in [6, 6.07) is 12.1. The largest absolute Gasteiger partial charge is 0.336 e. The maximum Gasteiger partial charge on any atom is 0.254 e. The average molecular weight is 422 g/mol. The highest BCUT2D eigenvalue weighted by Crippen LogP contribution is 2.25. The van der Waals surface area contributed by atoms with Crippen molar-refractivity contribution < 1.29 is 14.0 Å². The van der Waals surface area contributed by atoms with Gasteiger partial charge in [0.2, 0.25) is 0 Å². The minimum atomic E-state index is -0.345. The first kappa shape index (κ1) is 20.2. The smallest absolute Gasteiger partial charge is 0.254 e. The summed E-state index contributed by atoms with van der Waals surface area (Å²) in [6.45, 7) is 4.88. The van der Waals surface area contributed by atoms with Crippen LogP contribution < -0.4 is 0 Å². The number of hydrogen-bond acceptors (Lipinski definition) is 3. The normalized spacial score (nSPS) is 21.4. The summed E-state index contributed by atoms with van der Waals surface area (Å²) in [6.07, 6.45) is 4.44. The molecule has 2 aromatic carbocycles. The van der Waals surface area contributed by atoms with E-state index in [9.17, 15) is 14.0 Å². The van der Waals surface area contributed by atoms with E-state index in [0.717, 1.165) is 42.7 Å². The molecular formula is C25H28FN3O2. The van der Waals surface area contributed by atoms with E-state index in [1.807, 2.05) is 23.1 Å². The lowest BCUT2D eigenvalue weighted by atomic mass is 9.95. The minimum Gasteiger partial charge on any atom is -0.336 e. The number of piperazine rings is 1. The monoisotopic (exact) mass is 421 g/mol. The molecule has 2 fully saturated rings. The molecule has 31 heavy (non-hydrogen) atoms. The van der Waals surface area contributed by atoms with Gasteiger partial charge in [0.25, 0.3) is 11.8 Å². The van der Waals surface area contributed by atoms with Crippen molar-refractivity contribution in [3.05, 3.63) is 70.5 Å². The van der Waals surface area contributed by atoms with Gasteiger partial charge in [0, 0.05) is 49.9 Å². The number of rotatable bonds is 2. The van der Waals surface area contributed by atoms with Crippen LogP contribution in [0.25, 0.3) is 0 Å². The van der Waals surface area contributed by atoms with Crippen molar-refractivity contribution in [3.8, 4) is 0 Å². The predicted molar refractivity (Wildman–Crippen MR) is 116 cm³/mol. The van der Waals surface area contributed by atoms with Crippen molar-refractivity contribution in [2.75, 3.05) is 32.7 Å². The van der Waals surface area contributed by atoms with Crippen molar-refractivity contribution >= 4 is 11.8 Å². The fourth-order valence-electron chi connectivity index (χ4n) is 5.16. The number of carbonyl (C=O) groups is 2. The van der Waals surface area contributed by atoms with Crippen molar-refractivity contribution in [3.63, 3.8) is 0 Å². The summed E-state index contributed by atoms with van der Waals surface area (Å²) < 4.78 is 13.2. The molecule has 0 spiro atoms. The highest BCUT2D eigenvalue weighted by Gasteiger charge is 2.32. The van der Waals surface area contributed by atoms with Gasteiger partial charge < -0.3 is 9.80 Å². The molecule has 0 N–H and O–H groups in total. The van der Waals surface area contributed by atoms with Crippen LogP contribution >= 0.6 is 0 Å². The summed E-state index contributed by atoms with van der Waals surface area (Å²) in [7, 11) is 0. The Bertz CT molecular complexity index is 991. The van der Waals surface area contributed by atoms with Gasteiger partial charge >= 0.3 is 0 Å². The molecule has 0 aliphatic carbocycles. The third-order valence-corrected chi connectivity index (χ3v) is 6.97. The third-order valence-electron chi connectivity index (χ3n) is 6.97. The van der Waals surface area contributed by atoms with Gasteiger partial charge in [-0.25, -0.2) is 4.39 Å². The van der Waals surface area contributed by atoms with Gasteiger partial charge in [-0.3, -0.25) is 14.5 Å². The van der Waals surface area contributed by atoms with Gasteiger partial charge in [0.1, 0.15) is 5.82 Å². The Hall–Kier alpha value is -2.73. The Morgan fingerprint density at radius 1 is 0.806 bits per heavy atom. The molecule has 1 unspecified atom stereocenters. The Morgan fingerprint density at radius 3 is 2.42 bits per heavy atom. The second kappa shape index (κ2) is 8.42. The van der Waals surface area contributed by atoms with Crippen LogP contribution in [0.4, 0.5) is 4.39 Å². The Morgan fingerprint density at radius 2 is 1.58 bits per heavy atom. The van der Waals surface area contributed by atoms with Crippen molar-refractivity contribution in [1.82, 2.24) is 14.7 Å². The van der Waals surface area contributed by atoms with Crippen molar-refractivity contribution in [2.45, 2.75) is 38.3 Å². The summed E-state index contributed by atoms with van der Waals surface area (Å²) in [5.41, 5.74) is 3.47. The number of piperidine rings is 1. The van der Waals surface area contributed by atoms with Crippen molar-refractivity contribution in [1.29, 1.82) is 0 Å². The Labute approximate surface area is 182 Å². The minimum absolute atomic E-state index is 0.0869. The second-order valence-corrected chi connectivity index (χ2v) is 8.90. The van der Waals surface area contributed by atoms with Crippen LogP contribution in [-0.2, 0) is 13.0 Å². The van der Waals surface area contributed by atoms with Gasteiger partial charge in [-0.2, -0.15) is 0 Å². The van der Waals surface area contributed by atoms with Crippen LogP contribution in [0.3, 0.4) is 0 Å². The maximum absolute atomic E-state index is 13.2. The van der Waals surface area contributed by atoms with Crippen LogP contribution in [-0.4, -0.2) is 65.3 Å². The van der Waals surface area contributed by atoms with E-state index < -0.39 is 0 Å². The standard InChI is InChI=1S/C25H28FN3O2/c26-22-8-6-18(7-9-22)24(30)28-12-10-19-15-20(4-5-21(19)16-28)25(31)29-14-13-27-11-2-1-3-23(27)17-29/h4-9,15,23H,1-3,10-14,16-17H2. The zero-order valence-electron chi connectivity index (χ0n) is 17.7. The van der Waals surface area contributed by atoms with E-state index in [2.05, 4.69) is 4.90 Å². The SMILES string of the molecule is O=C(c1ccc(F)cc1)N1CCc2cc(C(=O)N3CCN4CCCCC4C3)ccc2C1. The molecule has 2 amide bonds. The zero-order chi connectivity index (χ0) is 21.4. The lowest BCUT2D eigenvalue weighted by Crippen LogP contribution is -2.56. The molecule has 5 nitrogen and oxygen atoms in total. The van der Waals surface area contributed by atoms with E-state index in [4.69, 9.17) is 0 Å². The number of benzene rings is 2. The fraction of sp³-hybridized carbons (Fsp3) is 0.440. The lowest BCUT2D eigenvalue weighted by Gasteiger charge is -2.44. The molecule has 0 bridgehead atoms. The van der Waals surface area contributed by atoms with Gasteiger partial charge in [-0.1, -0.05) is 12.5 Å². The van der Waals surface area contributed by atoms with Gasteiger partial charge in [0.05, 0.1) is 0 Å². The first-order chi connectivity index (χ1) is 15.1. The summed E-state index contributed by atoms with van der Waals surface area (Å²) >= 11 is 0. The zero-order valence-corrected chi connectivity index (χ0v) is 17.7. The summed E-state index contributed by atoms with van der Waals surface area (Å²) in [5, 5.41) is 0. The van der Waals surface area contributed by atoms with Gasteiger partial charge in [0.15, 0.2) is 0 Å². The van der Waals surface area contributed by atoms with Crippen LogP contribution in [0.5, 0.6) is 0 Å². The molecule has 162 valence electrons. The highest BCUT2D eigenvalue weighted by atomic mass is 19.1. The summed E-state index contributed by atoms with van der Waals surface area (Å²) in [5.74, 6) is -0.309. The third kappa shape index (κ3) is 4.09. The molecule has 0 radical (unpaired) electrons. The van der Waals surface area contributed by atoms with Crippen LogP contribution in [0, 0.1) is 5.82 Å². The number of hydrogen-bond donors (Lipinski definition) is 0. The van der Waals surface area contributed by atoms with E-state index >= 15 is 0 Å². The highest BCUT2D eigenvalue weighted by molar-refractivity contribution is 5.95. The quantitative estimate of drug-likeness (QED) is 0.747. The number of carbonyl (C=O) groups excluding carboxylic acids is 2. The number of halogens is 1. The predicted octanol–water partition coefficient (Wildman–Crippen LogP) is 3.33. The van der Waals surface area contributed by atoms with E-state index in [0.29, 0.717) is 24.7 Å². The van der Waals surface area contributed by atoms with Crippen LogP contribution in [0.2, 0.25) is 0 Å². The molecule has 2 aromatic rings. The number of fused-ring (bicyclic) bond motifs is 2.